The van der Waals surface area contributed by atoms with Crippen LogP contribution in [0.15, 0.2) is 42.2 Å². The third kappa shape index (κ3) is 3.50. The average molecular weight is 394 g/mol. The first-order valence-corrected chi connectivity index (χ1v) is 9.78. The minimum absolute atomic E-state index is 0.0485. The van der Waals surface area contributed by atoms with Crippen molar-refractivity contribution in [3.8, 4) is 11.3 Å². The summed E-state index contributed by atoms with van der Waals surface area (Å²) >= 11 is 1.55. The normalized spacial score (nSPS) is 16.3. The second kappa shape index (κ2) is 7.47. The number of likely N-dealkylation sites (tertiary alicyclic amines) is 1. The largest absolute Gasteiger partial charge is 0.478 e. The summed E-state index contributed by atoms with van der Waals surface area (Å²) in [5.74, 6) is -1.28. The zero-order chi connectivity index (χ0) is 19.7. The smallest absolute Gasteiger partial charge is 0.335 e. The van der Waals surface area contributed by atoms with Crippen LogP contribution >= 0.6 is 11.3 Å². The third-order valence-electron chi connectivity index (χ3n) is 4.72. The van der Waals surface area contributed by atoms with Crippen LogP contribution < -0.4 is 0 Å². The SMILES string of the molecule is Cc1csc(C2CCCN2C(=O)c2cc(C(=O)O)cc(-c3cnccn3)c2)n1. The van der Waals surface area contributed by atoms with Gasteiger partial charge in [-0.25, -0.2) is 9.78 Å². The summed E-state index contributed by atoms with van der Waals surface area (Å²) in [7, 11) is 0. The number of amides is 1. The van der Waals surface area contributed by atoms with Gasteiger partial charge in [-0.1, -0.05) is 0 Å². The number of carbonyl (C=O) groups excluding carboxylic acids is 1. The Morgan fingerprint density at radius 2 is 2.04 bits per heavy atom. The number of hydrogen-bond donors (Lipinski definition) is 1. The third-order valence-corrected chi connectivity index (χ3v) is 5.79. The van der Waals surface area contributed by atoms with Crippen LogP contribution in [0, 0.1) is 6.92 Å². The van der Waals surface area contributed by atoms with Gasteiger partial charge in [0.25, 0.3) is 5.91 Å². The van der Waals surface area contributed by atoms with E-state index in [1.54, 1.807) is 34.7 Å². The molecule has 1 aliphatic heterocycles. The number of thiazole rings is 1. The summed E-state index contributed by atoms with van der Waals surface area (Å²) in [6.45, 7) is 2.56. The molecule has 1 aliphatic rings. The zero-order valence-corrected chi connectivity index (χ0v) is 16.0. The molecule has 142 valence electrons. The van der Waals surface area contributed by atoms with Crippen molar-refractivity contribution in [1.82, 2.24) is 19.9 Å². The predicted octanol–water partition coefficient (Wildman–Crippen LogP) is 3.58. The molecule has 2 aromatic heterocycles. The number of aryl methyl sites for hydroxylation is 1. The fraction of sp³-hybridized carbons (Fsp3) is 0.250. The van der Waals surface area contributed by atoms with Crippen molar-refractivity contribution in [1.29, 1.82) is 0 Å². The van der Waals surface area contributed by atoms with E-state index < -0.39 is 5.97 Å². The van der Waals surface area contributed by atoms with Gasteiger partial charge in [0, 0.05) is 41.1 Å². The fourth-order valence-electron chi connectivity index (χ4n) is 3.43. The maximum absolute atomic E-state index is 13.3. The number of rotatable bonds is 4. The van der Waals surface area contributed by atoms with E-state index in [4.69, 9.17) is 0 Å². The molecule has 7 nitrogen and oxygen atoms in total. The molecule has 0 saturated carbocycles. The van der Waals surface area contributed by atoms with Crippen LogP contribution in [0.3, 0.4) is 0 Å². The summed E-state index contributed by atoms with van der Waals surface area (Å²) < 4.78 is 0. The minimum atomic E-state index is -1.09. The van der Waals surface area contributed by atoms with Crippen LogP contribution in [-0.4, -0.2) is 43.4 Å². The molecular weight excluding hydrogens is 376 g/mol. The van der Waals surface area contributed by atoms with E-state index in [1.807, 2.05) is 12.3 Å². The number of carboxylic acids is 1. The van der Waals surface area contributed by atoms with Gasteiger partial charge in [0.1, 0.15) is 5.01 Å². The van der Waals surface area contributed by atoms with Gasteiger partial charge in [-0.05, 0) is 38.0 Å². The maximum atomic E-state index is 13.3. The summed E-state index contributed by atoms with van der Waals surface area (Å²) in [5, 5.41) is 12.4. The lowest BCUT2D eigenvalue weighted by molar-refractivity contribution is 0.0697. The Labute approximate surface area is 165 Å². The van der Waals surface area contributed by atoms with E-state index in [0.717, 1.165) is 23.5 Å². The predicted molar refractivity (Wildman–Crippen MR) is 104 cm³/mol. The molecule has 0 bridgehead atoms. The van der Waals surface area contributed by atoms with Crippen LogP contribution in [0.25, 0.3) is 11.3 Å². The molecule has 8 heteroatoms. The van der Waals surface area contributed by atoms with Crippen LogP contribution in [0.5, 0.6) is 0 Å². The highest BCUT2D eigenvalue weighted by atomic mass is 32.1. The average Bonchev–Trinajstić information content (AvgIpc) is 3.36. The summed E-state index contributed by atoms with van der Waals surface area (Å²) in [4.78, 5) is 39.5. The molecule has 4 rings (SSSR count). The van der Waals surface area contributed by atoms with E-state index in [9.17, 15) is 14.7 Å². The first-order valence-electron chi connectivity index (χ1n) is 8.90. The standard InChI is InChI=1S/C20H18N4O3S/c1-12-11-28-18(23-12)17-3-2-6-24(17)19(25)14-7-13(8-15(9-14)20(26)27)16-10-21-4-5-22-16/h4-5,7-11,17H,2-3,6H2,1H3,(H,26,27). The summed E-state index contributed by atoms with van der Waals surface area (Å²) in [5.41, 5.74) is 2.40. The molecule has 3 aromatic rings. The number of carboxylic acid groups (broad SMARTS) is 1. The Kier molecular flexibility index (Phi) is 4.87. The lowest BCUT2D eigenvalue weighted by Gasteiger charge is -2.23. The van der Waals surface area contributed by atoms with Gasteiger partial charge in [-0.15, -0.1) is 11.3 Å². The first-order chi connectivity index (χ1) is 13.5. The van der Waals surface area contributed by atoms with Crippen molar-refractivity contribution in [3.63, 3.8) is 0 Å². The topological polar surface area (TPSA) is 96.3 Å². The van der Waals surface area contributed by atoms with Gasteiger partial charge >= 0.3 is 5.97 Å². The van der Waals surface area contributed by atoms with Gasteiger partial charge in [-0.2, -0.15) is 0 Å². The summed E-state index contributed by atoms with van der Waals surface area (Å²) in [6, 6.07) is 4.54. The van der Waals surface area contributed by atoms with Crippen molar-refractivity contribution >= 4 is 23.2 Å². The van der Waals surface area contributed by atoms with Gasteiger partial charge in [0.2, 0.25) is 0 Å². The molecule has 1 unspecified atom stereocenters. The lowest BCUT2D eigenvalue weighted by Crippen LogP contribution is -2.30. The van der Waals surface area contributed by atoms with Crippen molar-refractivity contribution in [3.05, 3.63) is 64.0 Å². The monoisotopic (exact) mass is 394 g/mol. The molecule has 1 fully saturated rings. The molecule has 1 atom stereocenters. The van der Waals surface area contributed by atoms with Crippen LogP contribution in [0.1, 0.15) is 50.3 Å². The molecule has 28 heavy (non-hydrogen) atoms. The molecule has 3 heterocycles. The highest BCUT2D eigenvalue weighted by Gasteiger charge is 2.33. The Morgan fingerprint density at radius 3 is 2.71 bits per heavy atom. The number of hydrogen-bond acceptors (Lipinski definition) is 6. The van der Waals surface area contributed by atoms with E-state index >= 15 is 0 Å². The lowest BCUT2D eigenvalue weighted by atomic mass is 10.0. The van der Waals surface area contributed by atoms with E-state index in [0.29, 0.717) is 23.4 Å². The van der Waals surface area contributed by atoms with E-state index in [2.05, 4.69) is 15.0 Å². The molecule has 0 spiro atoms. The molecule has 1 aromatic carbocycles. The number of nitrogens with zero attached hydrogens (tertiary/aromatic N) is 4. The second-order valence-electron chi connectivity index (χ2n) is 6.68. The number of benzene rings is 1. The molecule has 1 amide bonds. The van der Waals surface area contributed by atoms with E-state index in [-0.39, 0.29) is 17.5 Å². The molecular formula is C20H18N4O3S. The molecule has 0 radical (unpaired) electrons. The van der Waals surface area contributed by atoms with Crippen molar-refractivity contribution in [2.45, 2.75) is 25.8 Å². The number of carbonyl (C=O) groups is 2. The van der Waals surface area contributed by atoms with Gasteiger partial charge in [0.05, 0.1) is 23.5 Å². The van der Waals surface area contributed by atoms with E-state index in [1.165, 1.54) is 18.3 Å². The number of aromatic nitrogens is 3. The molecule has 0 aliphatic carbocycles. The Morgan fingerprint density at radius 1 is 1.21 bits per heavy atom. The highest BCUT2D eigenvalue weighted by molar-refractivity contribution is 7.09. The Bertz CT molecular complexity index is 1030. The zero-order valence-electron chi connectivity index (χ0n) is 15.2. The molecule has 1 saturated heterocycles. The first kappa shape index (κ1) is 18.2. The second-order valence-corrected chi connectivity index (χ2v) is 7.57. The van der Waals surface area contributed by atoms with Crippen LogP contribution in [-0.2, 0) is 0 Å². The van der Waals surface area contributed by atoms with Gasteiger partial charge < -0.3 is 10.0 Å². The Balaban J connectivity index is 1.72. The van der Waals surface area contributed by atoms with Crippen LogP contribution in [0.4, 0.5) is 0 Å². The minimum Gasteiger partial charge on any atom is -0.478 e. The maximum Gasteiger partial charge on any atom is 0.335 e. The highest BCUT2D eigenvalue weighted by Crippen LogP contribution is 2.35. The quantitative estimate of drug-likeness (QED) is 0.726. The van der Waals surface area contributed by atoms with Crippen molar-refractivity contribution in [2.75, 3.05) is 6.54 Å². The summed E-state index contributed by atoms with van der Waals surface area (Å²) in [6.07, 6.45) is 6.37. The van der Waals surface area contributed by atoms with Crippen molar-refractivity contribution in [2.24, 2.45) is 0 Å². The Hall–Kier alpha value is -3.13. The van der Waals surface area contributed by atoms with Crippen LogP contribution in [0.2, 0.25) is 0 Å². The number of aromatic carboxylic acids is 1. The fourth-order valence-corrected chi connectivity index (χ4v) is 4.37. The molecule has 1 N–H and O–H groups in total. The van der Waals surface area contributed by atoms with Gasteiger partial charge in [-0.3, -0.25) is 14.8 Å². The van der Waals surface area contributed by atoms with Crippen molar-refractivity contribution < 1.29 is 14.7 Å². The van der Waals surface area contributed by atoms with Gasteiger partial charge in [0.15, 0.2) is 0 Å².